The molecule has 0 bridgehead atoms. The maximum absolute atomic E-state index is 13.3. The number of carbonyl (C=O) groups is 3. The van der Waals surface area contributed by atoms with E-state index in [1.165, 1.54) is 18.2 Å². The Hall–Kier alpha value is -4.23. The molecule has 0 N–H and O–H groups in total. The highest BCUT2D eigenvalue weighted by atomic mass is 35.5. The first-order valence-electron chi connectivity index (χ1n) is 10.4. The van der Waals surface area contributed by atoms with E-state index in [4.69, 9.17) is 20.8 Å². The summed E-state index contributed by atoms with van der Waals surface area (Å²) in [6, 6.07) is 18.5. The van der Waals surface area contributed by atoms with E-state index >= 15 is 0 Å². The van der Waals surface area contributed by atoms with Gasteiger partial charge in [0.15, 0.2) is 0 Å². The molecule has 0 fully saturated rings. The molecule has 7 nitrogen and oxygen atoms in total. The first-order chi connectivity index (χ1) is 16.4. The van der Waals surface area contributed by atoms with Gasteiger partial charge >= 0.3 is 5.97 Å². The number of amides is 2. The lowest BCUT2D eigenvalue weighted by Crippen LogP contribution is -2.48. The SMILES string of the molecule is O=C(Oc1ccc2c(=O)c(Cl)coc2c1)C(Cc1ccccc1)N1C(=O)c2ccccc2C1=O. The lowest BCUT2D eigenvalue weighted by atomic mass is 10.0. The highest BCUT2D eigenvalue weighted by molar-refractivity contribution is 6.30. The van der Waals surface area contributed by atoms with Crippen LogP contribution in [0.25, 0.3) is 11.0 Å². The van der Waals surface area contributed by atoms with Gasteiger partial charge in [-0.05, 0) is 29.8 Å². The zero-order valence-electron chi connectivity index (χ0n) is 17.6. The highest BCUT2D eigenvalue weighted by Crippen LogP contribution is 2.28. The second-order valence-electron chi connectivity index (χ2n) is 7.72. The van der Waals surface area contributed by atoms with Crippen molar-refractivity contribution in [2.24, 2.45) is 0 Å². The van der Waals surface area contributed by atoms with Crippen molar-refractivity contribution in [1.82, 2.24) is 4.90 Å². The number of fused-ring (bicyclic) bond motifs is 2. The summed E-state index contributed by atoms with van der Waals surface area (Å²) in [4.78, 5) is 52.6. The van der Waals surface area contributed by atoms with Crippen molar-refractivity contribution < 1.29 is 23.5 Å². The summed E-state index contributed by atoms with van der Waals surface area (Å²) in [6.07, 6.45) is 1.18. The minimum atomic E-state index is -1.21. The molecule has 0 saturated heterocycles. The van der Waals surface area contributed by atoms with Crippen molar-refractivity contribution in [3.63, 3.8) is 0 Å². The summed E-state index contributed by atoms with van der Waals surface area (Å²) in [6.45, 7) is 0. The van der Waals surface area contributed by atoms with E-state index in [9.17, 15) is 19.2 Å². The molecule has 1 aliphatic heterocycles. The van der Waals surface area contributed by atoms with Crippen LogP contribution in [0.5, 0.6) is 5.75 Å². The minimum Gasteiger partial charge on any atom is -0.462 e. The number of hydrogen-bond donors (Lipinski definition) is 0. The average molecular weight is 474 g/mol. The Morgan fingerprint density at radius 2 is 1.56 bits per heavy atom. The van der Waals surface area contributed by atoms with E-state index in [0.29, 0.717) is 0 Å². The van der Waals surface area contributed by atoms with Gasteiger partial charge in [0, 0.05) is 12.5 Å². The van der Waals surface area contributed by atoms with Crippen molar-refractivity contribution in [2.45, 2.75) is 12.5 Å². The van der Waals surface area contributed by atoms with E-state index < -0.39 is 29.3 Å². The van der Waals surface area contributed by atoms with Gasteiger partial charge in [0.1, 0.15) is 28.7 Å². The van der Waals surface area contributed by atoms with Gasteiger partial charge in [-0.3, -0.25) is 19.3 Å². The molecule has 0 spiro atoms. The third kappa shape index (κ3) is 3.76. The molecular weight excluding hydrogens is 458 g/mol. The normalized spacial score (nSPS) is 13.7. The third-order valence-electron chi connectivity index (χ3n) is 5.60. The van der Waals surface area contributed by atoms with Crippen LogP contribution in [-0.2, 0) is 11.2 Å². The molecule has 0 saturated carbocycles. The first-order valence-corrected chi connectivity index (χ1v) is 10.8. The van der Waals surface area contributed by atoms with E-state index in [1.807, 2.05) is 6.07 Å². The summed E-state index contributed by atoms with van der Waals surface area (Å²) in [5.41, 5.74) is 0.999. The van der Waals surface area contributed by atoms with Crippen LogP contribution in [0.4, 0.5) is 0 Å². The predicted octanol–water partition coefficient (Wildman–Crippen LogP) is 4.26. The molecule has 4 aromatic rings. The monoisotopic (exact) mass is 473 g/mol. The number of ether oxygens (including phenoxy) is 1. The predicted molar refractivity (Wildman–Crippen MR) is 124 cm³/mol. The van der Waals surface area contributed by atoms with Crippen molar-refractivity contribution in [3.8, 4) is 5.75 Å². The molecule has 168 valence electrons. The highest BCUT2D eigenvalue weighted by Gasteiger charge is 2.43. The van der Waals surface area contributed by atoms with Crippen molar-refractivity contribution in [3.05, 3.63) is 111 Å². The Bertz CT molecular complexity index is 1480. The number of hydrogen-bond acceptors (Lipinski definition) is 6. The summed E-state index contributed by atoms with van der Waals surface area (Å²) < 4.78 is 10.9. The second kappa shape index (κ2) is 8.61. The fourth-order valence-corrected chi connectivity index (χ4v) is 4.09. The maximum atomic E-state index is 13.3. The fourth-order valence-electron chi connectivity index (χ4n) is 3.94. The molecule has 0 radical (unpaired) electrons. The smallest absolute Gasteiger partial charge is 0.335 e. The molecular formula is C26H16ClNO6. The topological polar surface area (TPSA) is 93.9 Å². The van der Waals surface area contributed by atoms with Crippen LogP contribution >= 0.6 is 11.6 Å². The first kappa shape index (κ1) is 21.6. The second-order valence-corrected chi connectivity index (χ2v) is 8.13. The zero-order chi connectivity index (χ0) is 23.8. The molecule has 34 heavy (non-hydrogen) atoms. The summed E-state index contributed by atoms with van der Waals surface area (Å²) in [7, 11) is 0. The Kier molecular flexibility index (Phi) is 5.47. The lowest BCUT2D eigenvalue weighted by molar-refractivity contribution is -0.138. The fraction of sp³-hybridized carbons (Fsp3) is 0.0769. The summed E-state index contributed by atoms with van der Waals surface area (Å²) in [5.74, 6) is -1.82. The number of carbonyl (C=O) groups excluding carboxylic acids is 3. The molecule has 1 aliphatic rings. The van der Waals surface area contributed by atoms with Crippen molar-refractivity contribution in [2.75, 3.05) is 0 Å². The Labute approximate surface area is 198 Å². The number of imide groups is 1. The molecule has 3 aromatic carbocycles. The van der Waals surface area contributed by atoms with Crippen LogP contribution in [0, 0.1) is 0 Å². The third-order valence-corrected chi connectivity index (χ3v) is 5.86. The van der Waals surface area contributed by atoms with Gasteiger partial charge in [-0.1, -0.05) is 54.1 Å². The van der Waals surface area contributed by atoms with Crippen LogP contribution in [0.2, 0.25) is 5.02 Å². The molecule has 1 unspecified atom stereocenters. The molecule has 1 aromatic heterocycles. The largest absolute Gasteiger partial charge is 0.462 e. The van der Waals surface area contributed by atoms with Crippen molar-refractivity contribution in [1.29, 1.82) is 0 Å². The Morgan fingerprint density at radius 3 is 2.24 bits per heavy atom. The molecule has 2 amide bonds. The van der Waals surface area contributed by atoms with Gasteiger partial charge in [0.05, 0.1) is 16.5 Å². The van der Waals surface area contributed by atoms with Crippen LogP contribution in [0.1, 0.15) is 26.3 Å². The van der Waals surface area contributed by atoms with Gasteiger partial charge in [0.25, 0.3) is 11.8 Å². The van der Waals surface area contributed by atoms with E-state index in [-0.39, 0.29) is 39.3 Å². The average Bonchev–Trinajstić information content (AvgIpc) is 3.10. The number of rotatable bonds is 5. The molecule has 2 heterocycles. The molecule has 5 rings (SSSR count). The Morgan fingerprint density at radius 1 is 0.912 bits per heavy atom. The maximum Gasteiger partial charge on any atom is 0.335 e. The van der Waals surface area contributed by atoms with Gasteiger partial charge in [0.2, 0.25) is 5.43 Å². The van der Waals surface area contributed by atoms with E-state index in [2.05, 4.69) is 0 Å². The Balaban J connectivity index is 1.49. The summed E-state index contributed by atoms with van der Waals surface area (Å²) >= 11 is 5.81. The lowest BCUT2D eigenvalue weighted by Gasteiger charge is -2.24. The van der Waals surface area contributed by atoms with Crippen molar-refractivity contribution >= 4 is 40.4 Å². The number of halogens is 1. The molecule has 0 aliphatic carbocycles. The van der Waals surface area contributed by atoms with Crippen LogP contribution in [-0.4, -0.2) is 28.7 Å². The quantitative estimate of drug-likeness (QED) is 0.244. The minimum absolute atomic E-state index is 0.0641. The van der Waals surface area contributed by atoms with Crippen LogP contribution in [0.15, 0.2) is 88.3 Å². The molecule has 1 atom stereocenters. The standard InChI is InChI=1S/C26H16ClNO6/c27-20-14-33-22-13-16(10-11-19(22)23(20)29)34-26(32)21(12-15-6-2-1-3-7-15)28-24(30)17-8-4-5-9-18(17)25(28)31/h1-11,13-14,21H,12H2. The van der Waals surface area contributed by atoms with Gasteiger partial charge in [-0.25, -0.2) is 4.79 Å². The molecule has 8 heteroatoms. The van der Waals surface area contributed by atoms with Crippen LogP contribution in [0.3, 0.4) is 0 Å². The number of nitrogens with zero attached hydrogens (tertiary/aromatic N) is 1. The van der Waals surface area contributed by atoms with E-state index in [0.717, 1.165) is 16.7 Å². The van der Waals surface area contributed by atoms with E-state index in [1.54, 1.807) is 48.5 Å². The van der Waals surface area contributed by atoms with Gasteiger partial charge in [-0.15, -0.1) is 0 Å². The number of benzene rings is 3. The number of esters is 1. The zero-order valence-corrected chi connectivity index (χ0v) is 18.3. The summed E-state index contributed by atoms with van der Waals surface area (Å²) in [5, 5.41) is 0.166. The van der Waals surface area contributed by atoms with Gasteiger partial charge in [-0.2, -0.15) is 0 Å². The van der Waals surface area contributed by atoms with Gasteiger partial charge < -0.3 is 9.15 Å². The van der Waals surface area contributed by atoms with Crippen LogP contribution < -0.4 is 10.2 Å².